The normalized spacial score (nSPS) is 25.9. The van der Waals surface area contributed by atoms with Crippen molar-refractivity contribution in [1.29, 1.82) is 5.26 Å². The molecule has 0 aromatic rings. The van der Waals surface area contributed by atoms with Gasteiger partial charge in [0, 0.05) is 36.5 Å². The van der Waals surface area contributed by atoms with E-state index >= 15 is 0 Å². The zero-order valence-corrected chi connectivity index (χ0v) is 14.9. The molecular formula is C16H21N3O5S. The highest BCUT2D eigenvalue weighted by Gasteiger charge is 2.60. The highest BCUT2D eigenvalue weighted by atomic mass is 32.2. The number of carboxylic acids is 1. The van der Waals surface area contributed by atoms with E-state index in [1.807, 2.05) is 6.07 Å². The summed E-state index contributed by atoms with van der Waals surface area (Å²) in [6.07, 6.45) is -0.156. The summed E-state index contributed by atoms with van der Waals surface area (Å²) in [6.45, 7) is 3.26. The average Bonchev–Trinajstić information content (AvgIpc) is 2.77. The summed E-state index contributed by atoms with van der Waals surface area (Å²) in [7, 11) is 0. The zero-order valence-electron chi connectivity index (χ0n) is 14.1. The zero-order chi connectivity index (χ0) is 18.7. The van der Waals surface area contributed by atoms with E-state index in [1.165, 1.54) is 30.5 Å². The van der Waals surface area contributed by atoms with Gasteiger partial charge in [-0.05, 0) is 13.3 Å². The maximum atomic E-state index is 12.3. The molecule has 0 radical (unpaired) electrons. The van der Waals surface area contributed by atoms with Crippen LogP contribution in [0.15, 0.2) is 10.6 Å². The van der Waals surface area contributed by atoms with E-state index < -0.39 is 29.9 Å². The molecule has 9 heteroatoms. The van der Waals surface area contributed by atoms with Gasteiger partial charge < -0.3 is 20.4 Å². The predicted octanol–water partition coefficient (Wildman–Crippen LogP) is 0.293. The second kappa shape index (κ2) is 7.89. The number of carboxylic acid groups (broad SMARTS) is 1. The first-order valence-electron chi connectivity index (χ1n) is 8.04. The predicted molar refractivity (Wildman–Crippen MR) is 89.9 cm³/mol. The Morgan fingerprint density at radius 2 is 2.16 bits per heavy atom. The molecule has 0 spiro atoms. The van der Waals surface area contributed by atoms with Gasteiger partial charge >= 0.3 is 5.97 Å². The smallest absolute Gasteiger partial charge is 0.353 e. The van der Waals surface area contributed by atoms with Crippen LogP contribution in [0.1, 0.15) is 26.7 Å². The van der Waals surface area contributed by atoms with Gasteiger partial charge in [-0.2, -0.15) is 5.26 Å². The molecule has 2 rings (SSSR count). The Morgan fingerprint density at radius 1 is 1.48 bits per heavy atom. The highest BCUT2D eigenvalue weighted by molar-refractivity contribution is 8.03. The van der Waals surface area contributed by atoms with Crippen LogP contribution in [0.25, 0.3) is 0 Å². The fourth-order valence-corrected chi connectivity index (χ4v) is 4.67. The lowest BCUT2D eigenvalue weighted by Crippen LogP contribution is -2.64. The number of hydrogen-bond acceptors (Lipinski definition) is 6. The minimum atomic E-state index is -1.19. The van der Waals surface area contributed by atoms with Gasteiger partial charge in [0.15, 0.2) is 0 Å². The molecule has 0 aliphatic carbocycles. The Labute approximate surface area is 149 Å². The molecule has 1 unspecified atom stereocenters. The Balaban J connectivity index is 2.30. The molecule has 0 bridgehead atoms. The summed E-state index contributed by atoms with van der Waals surface area (Å²) in [4.78, 5) is 37.0. The number of rotatable bonds is 8. The number of carbonyl (C=O) groups is 3. The first-order chi connectivity index (χ1) is 11.8. The van der Waals surface area contributed by atoms with Gasteiger partial charge in [-0.3, -0.25) is 9.59 Å². The van der Waals surface area contributed by atoms with Crippen molar-refractivity contribution < 1.29 is 24.6 Å². The molecule has 0 saturated carbocycles. The molecule has 2 aliphatic heterocycles. The van der Waals surface area contributed by atoms with Crippen molar-refractivity contribution in [3.8, 4) is 6.07 Å². The number of β-lactam (4-membered cyclic amide) rings is 1. The standard InChI is InChI=1S/C16H21N3O5S/c1-8(20)11-12-10(4-6-18-9(2)21)14(25-7-3-5-17)13(16(23)24)19(12)15(11)22/h8,10-12,20H,3-4,6-7H2,1-2H3,(H,18,21)(H,23,24)/t8-,10-,11-,12?/m1/s1. The number of amides is 2. The van der Waals surface area contributed by atoms with Gasteiger partial charge in [-0.1, -0.05) is 0 Å². The first kappa shape index (κ1) is 19.3. The third-order valence-electron chi connectivity index (χ3n) is 4.43. The molecule has 1 fully saturated rings. The molecule has 3 N–H and O–H groups in total. The van der Waals surface area contributed by atoms with E-state index in [9.17, 15) is 24.6 Å². The summed E-state index contributed by atoms with van der Waals surface area (Å²) in [5.41, 5.74) is -0.0531. The van der Waals surface area contributed by atoms with E-state index in [2.05, 4.69) is 5.32 Å². The lowest BCUT2D eigenvalue weighted by Gasteiger charge is -2.47. The van der Waals surface area contributed by atoms with E-state index in [0.717, 1.165) is 0 Å². The number of hydrogen-bond donors (Lipinski definition) is 3. The van der Waals surface area contributed by atoms with Crippen molar-refractivity contribution in [2.24, 2.45) is 11.8 Å². The number of aliphatic hydroxyl groups excluding tert-OH is 1. The number of fused-ring (bicyclic) bond motifs is 1. The van der Waals surface area contributed by atoms with Crippen LogP contribution < -0.4 is 5.32 Å². The van der Waals surface area contributed by atoms with Crippen molar-refractivity contribution in [2.75, 3.05) is 12.3 Å². The maximum absolute atomic E-state index is 12.3. The number of thioether (sulfide) groups is 1. The molecule has 25 heavy (non-hydrogen) atoms. The van der Waals surface area contributed by atoms with E-state index in [-0.39, 0.29) is 23.9 Å². The van der Waals surface area contributed by atoms with Gasteiger partial charge in [0.2, 0.25) is 11.8 Å². The Bertz CT molecular complexity index is 655. The number of carbonyl (C=O) groups excluding carboxylic acids is 2. The van der Waals surface area contributed by atoms with Crippen molar-refractivity contribution in [3.05, 3.63) is 10.6 Å². The molecule has 0 aromatic heterocycles. The van der Waals surface area contributed by atoms with Gasteiger partial charge in [0.25, 0.3) is 0 Å². The molecular weight excluding hydrogens is 346 g/mol. The Morgan fingerprint density at radius 3 is 2.68 bits per heavy atom. The largest absolute Gasteiger partial charge is 0.477 e. The van der Waals surface area contributed by atoms with Crippen LogP contribution in [0, 0.1) is 23.2 Å². The van der Waals surface area contributed by atoms with Gasteiger partial charge in [0.1, 0.15) is 5.70 Å². The fourth-order valence-electron chi connectivity index (χ4n) is 3.46. The molecule has 4 atom stereocenters. The minimum absolute atomic E-state index is 0.0531. The third kappa shape index (κ3) is 3.65. The lowest BCUT2D eigenvalue weighted by molar-refractivity contribution is -0.163. The summed E-state index contributed by atoms with van der Waals surface area (Å²) >= 11 is 1.26. The van der Waals surface area contributed by atoms with Crippen molar-refractivity contribution in [2.45, 2.75) is 38.8 Å². The van der Waals surface area contributed by atoms with E-state index in [1.54, 1.807) is 0 Å². The van der Waals surface area contributed by atoms with Gasteiger partial charge in [-0.25, -0.2) is 4.79 Å². The SMILES string of the molecule is CC(=O)NCC[C@H]1C(SCCC#N)=C(C(=O)O)N2C(=O)[C@H]([C@@H](C)O)C12. The molecule has 1 saturated heterocycles. The average molecular weight is 367 g/mol. The van der Waals surface area contributed by atoms with Crippen LogP contribution in [-0.4, -0.2) is 57.3 Å². The summed E-state index contributed by atoms with van der Waals surface area (Å²) in [5.74, 6) is -2.27. The maximum Gasteiger partial charge on any atom is 0.353 e. The molecule has 8 nitrogen and oxygen atoms in total. The van der Waals surface area contributed by atoms with E-state index in [4.69, 9.17) is 5.26 Å². The Hall–Kier alpha value is -2.05. The molecule has 136 valence electrons. The number of aliphatic carboxylic acids is 1. The van der Waals surface area contributed by atoms with Crippen molar-refractivity contribution >= 4 is 29.5 Å². The van der Waals surface area contributed by atoms with Crippen LogP contribution in [0.4, 0.5) is 0 Å². The number of nitrogens with zero attached hydrogens (tertiary/aromatic N) is 2. The van der Waals surface area contributed by atoms with Crippen molar-refractivity contribution in [3.63, 3.8) is 0 Å². The second-order valence-corrected chi connectivity index (χ2v) is 7.25. The van der Waals surface area contributed by atoms with Crippen LogP contribution in [0.3, 0.4) is 0 Å². The quantitative estimate of drug-likeness (QED) is 0.415. The number of nitrogens with one attached hydrogen (secondary N) is 1. The van der Waals surface area contributed by atoms with Crippen LogP contribution >= 0.6 is 11.8 Å². The number of aliphatic hydroxyl groups is 1. The molecule has 2 aliphatic rings. The van der Waals surface area contributed by atoms with Crippen LogP contribution in [0.2, 0.25) is 0 Å². The highest BCUT2D eigenvalue weighted by Crippen LogP contribution is 2.51. The Kier molecular flexibility index (Phi) is 6.08. The molecule has 0 aromatic carbocycles. The second-order valence-electron chi connectivity index (χ2n) is 6.12. The third-order valence-corrected chi connectivity index (χ3v) is 5.65. The fraction of sp³-hybridized carbons (Fsp3) is 0.625. The van der Waals surface area contributed by atoms with E-state index in [0.29, 0.717) is 23.6 Å². The minimum Gasteiger partial charge on any atom is -0.477 e. The molecule has 2 heterocycles. The van der Waals surface area contributed by atoms with Gasteiger partial charge in [0.05, 0.1) is 24.1 Å². The van der Waals surface area contributed by atoms with Gasteiger partial charge in [-0.15, -0.1) is 11.8 Å². The molecule has 2 amide bonds. The summed E-state index contributed by atoms with van der Waals surface area (Å²) in [5, 5.41) is 30.9. The number of nitriles is 1. The monoisotopic (exact) mass is 367 g/mol. The van der Waals surface area contributed by atoms with Crippen LogP contribution in [-0.2, 0) is 14.4 Å². The van der Waals surface area contributed by atoms with Crippen LogP contribution in [0.5, 0.6) is 0 Å². The summed E-state index contributed by atoms with van der Waals surface area (Å²) in [6, 6.07) is 1.59. The topological polar surface area (TPSA) is 131 Å². The first-order valence-corrected chi connectivity index (χ1v) is 9.02. The summed E-state index contributed by atoms with van der Waals surface area (Å²) < 4.78 is 0. The van der Waals surface area contributed by atoms with Crippen molar-refractivity contribution in [1.82, 2.24) is 10.2 Å². The lowest BCUT2D eigenvalue weighted by atomic mass is 9.77.